The number of rotatable bonds is 12. The summed E-state index contributed by atoms with van der Waals surface area (Å²) in [6.45, 7) is 16.0. The van der Waals surface area contributed by atoms with Gasteiger partial charge in [0, 0.05) is 12.2 Å². The first-order chi connectivity index (χ1) is 25.2. The second-order valence-electron chi connectivity index (χ2n) is 12.9. The molecule has 0 spiro atoms. The van der Waals surface area contributed by atoms with Crippen molar-refractivity contribution in [2.75, 3.05) is 0 Å². The van der Waals surface area contributed by atoms with Crippen LogP contribution in [0.1, 0.15) is 54.0 Å². The molecule has 53 heavy (non-hydrogen) atoms. The van der Waals surface area contributed by atoms with E-state index in [-0.39, 0.29) is 17.6 Å². The van der Waals surface area contributed by atoms with E-state index in [9.17, 15) is 19.2 Å². The van der Waals surface area contributed by atoms with Gasteiger partial charge >= 0.3 is 23.9 Å². The summed E-state index contributed by atoms with van der Waals surface area (Å²) >= 11 is 0. The first-order valence-corrected chi connectivity index (χ1v) is 16.8. The average molecular weight is 717 g/mol. The van der Waals surface area contributed by atoms with Crippen molar-refractivity contribution < 1.29 is 47.6 Å². The molecule has 0 fully saturated rings. The molecule has 3 aromatic carbocycles. The summed E-state index contributed by atoms with van der Waals surface area (Å²) in [6, 6.07) is 17.6. The second kappa shape index (κ2) is 15.9. The van der Waals surface area contributed by atoms with E-state index >= 15 is 0 Å². The Balaban J connectivity index is 1.15. The molecule has 10 nitrogen and oxygen atoms in total. The Kier molecular flexibility index (Phi) is 11.3. The van der Waals surface area contributed by atoms with Gasteiger partial charge in [-0.15, -0.1) is 0 Å². The van der Waals surface area contributed by atoms with Gasteiger partial charge in [-0.1, -0.05) is 39.2 Å². The highest BCUT2D eigenvalue weighted by molar-refractivity contribution is 5.92. The van der Waals surface area contributed by atoms with Crippen molar-refractivity contribution in [3.8, 4) is 23.0 Å². The van der Waals surface area contributed by atoms with E-state index in [4.69, 9.17) is 28.4 Å². The number of hydrogen-bond donors (Lipinski definition) is 0. The lowest BCUT2D eigenvalue weighted by Gasteiger charge is -2.35. The van der Waals surface area contributed by atoms with Crippen LogP contribution in [0.15, 0.2) is 140 Å². The zero-order chi connectivity index (χ0) is 38.3. The maximum Gasteiger partial charge on any atom is 0.343 e. The molecular formula is C43H40O10. The smallest absolute Gasteiger partial charge is 0.343 e. The van der Waals surface area contributed by atoms with Gasteiger partial charge in [0.05, 0.1) is 23.0 Å². The van der Waals surface area contributed by atoms with E-state index in [0.717, 1.165) is 12.2 Å². The molecule has 0 amide bonds. The Bertz CT molecular complexity index is 2050. The summed E-state index contributed by atoms with van der Waals surface area (Å²) in [7, 11) is 0. The molecule has 3 aromatic rings. The van der Waals surface area contributed by atoms with Gasteiger partial charge in [0.25, 0.3) is 0 Å². The highest BCUT2D eigenvalue weighted by Crippen LogP contribution is 2.36. The second-order valence-corrected chi connectivity index (χ2v) is 12.9. The standard InChI is InChI=1S/C43H40O10/c1-8-38(44)52-42(6)24-10-12-36(28(42)4)48-32-18-14-30(15-19-32)40(46)50-34-22-23-35(27(3)26-34)51-41(47)31-16-20-33(21-17-31)49-37-13-11-25-43(7,29(37)5)53-39(45)9-2/h8-26,28-29H,1-2H2,3-7H3. The minimum Gasteiger partial charge on any atom is -0.461 e. The van der Waals surface area contributed by atoms with Gasteiger partial charge in [-0.05, 0) is 117 Å². The van der Waals surface area contributed by atoms with Gasteiger partial charge in [-0.3, -0.25) is 0 Å². The van der Waals surface area contributed by atoms with E-state index in [1.54, 1.807) is 118 Å². The summed E-state index contributed by atoms with van der Waals surface area (Å²) in [4.78, 5) is 49.6. The molecule has 4 atom stereocenters. The van der Waals surface area contributed by atoms with Gasteiger partial charge in [0.2, 0.25) is 0 Å². The van der Waals surface area contributed by atoms with Crippen LogP contribution in [0.4, 0.5) is 0 Å². The lowest BCUT2D eigenvalue weighted by molar-refractivity contribution is -0.152. The monoisotopic (exact) mass is 716 g/mol. The predicted octanol–water partition coefficient (Wildman–Crippen LogP) is 8.35. The number of esters is 4. The Morgan fingerprint density at radius 1 is 0.623 bits per heavy atom. The number of aryl methyl sites for hydroxylation is 1. The van der Waals surface area contributed by atoms with Crippen LogP contribution in [0, 0.1) is 18.8 Å². The SMILES string of the molecule is C=CC(=O)OC1(C)C=CC=C(Oc2ccc(C(=O)Oc3ccc(OC(=O)c4ccc(OC5=CC=CC(C)(OC(=O)C=C)C5C)cc4)c(C)c3)cc2)C1C. The van der Waals surface area contributed by atoms with Crippen LogP contribution in [0.25, 0.3) is 0 Å². The third-order valence-electron chi connectivity index (χ3n) is 9.13. The number of hydrogen-bond acceptors (Lipinski definition) is 10. The fourth-order valence-corrected chi connectivity index (χ4v) is 5.53. The van der Waals surface area contributed by atoms with Crippen LogP contribution in [0.3, 0.4) is 0 Å². The highest BCUT2D eigenvalue weighted by Gasteiger charge is 2.38. The van der Waals surface area contributed by atoms with Crippen molar-refractivity contribution >= 4 is 23.9 Å². The fourth-order valence-electron chi connectivity index (χ4n) is 5.53. The van der Waals surface area contributed by atoms with Crippen LogP contribution in [-0.4, -0.2) is 35.1 Å². The summed E-state index contributed by atoms with van der Waals surface area (Å²) in [5, 5.41) is 0. The third kappa shape index (κ3) is 8.91. The minimum absolute atomic E-state index is 0.270. The Hall–Kier alpha value is -6.42. The van der Waals surface area contributed by atoms with Crippen LogP contribution in [-0.2, 0) is 19.1 Å². The van der Waals surface area contributed by atoms with E-state index < -0.39 is 35.1 Å². The van der Waals surface area contributed by atoms with E-state index in [1.165, 1.54) is 6.07 Å². The Labute approximate surface area is 308 Å². The van der Waals surface area contributed by atoms with Gasteiger partial charge in [-0.25, -0.2) is 19.2 Å². The average Bonchev–Trinajstić information content (AvgIpc) is 3.13. The van der Waals surface area contributed by atoms with Crippen molar-refractivity contribution in [1.29, 1.82) is 0 Å². The molecule has 0 saturated carbocycles. The molecule has 0 aromatic heterocycles. The molecule has 2 aliphatic carbocycles. The first kappa shape index (κ1) is 37.8. The number of allylic oxidation sites excluding steroid dienone is 4. The molecule has 5 rings (SSSR count). The van der Waals surface area contributed by atoms with E-state index in [0.29, 0.717) is 45.5 Å². The molecule has 0 radical (unpaired) electrons. The van der Waals surface area contributed by atoms with Crippen molar-refractivity contribution in [3.05, 3.63) is 157 Å². The van der Waals surface area contributed by atoms with Crippen LogP contribution in [0.5, 0.6) is 23.0 Å². The number of carbonyl (C=O) groups excluding carboxylic acids is 4. The van der Waals surface area contributed by atoms with Gasteiger partial charge < -0.3 is 28.4 Å². The molecule has 10 heteroatoms. The summed E-state index contributed by atoms with van der Waals surface area (Å²) in [5.41, 5.74) is -0.649. The van der Waals surface area contributed by atoms with E-state index in [1.807, 2.05) is 13.8 Å². The number of ether oxygens (including phenoxy) is 6. The normalized spacial score (nSPS) is 21.6. The summed E-state index contributed by atoms with van der Waals surface area (Å²) in [6.07, 6.45) is 12.9. The minimum atomic E-state index is -0.910. The van der Waals surface area contributed by atoms with Crippen molar-refractivity contribution in [3.63, 3.8) is 0 Å². The zero-order valence-corrected chi connectivity index (χ0v) is 30.1. The lowest BCUT2D eigenvalue weighted by atomic mass is 9.85. The largest absolute Gasteiger partial charge is 0.461 e. The number of benzene rings is 3. The maximum atomic E-state index is 13.0. The van der Waals surface area contributed by atoms with Crippen molar-refractivity contribution in [1.82, 2.24) is 0 Å². The zero-order valence-electron chi connectivity index (χ0n) is 30.1. The molecule has 0 N–H and O–H groups in total. The molecule has 0 saturated heterocycles. The molecule has 0 bridgehead atoms. The lowest BCUT2D eigenvalue weighted by Crippen LogP contribution is -2.39. The van der Waals surface area contributed by atoms with Gasteiger partial charge in [0.1, 0.15) is 45.7 Å². The third-order valence-corrected chi connectivity index (χ3v) is 9.13. The molecule has 4 unspecified atom stereocenters. The predicted molar refractivity (Wildman–Crippen MR) is 197 cm³/mol. The van der Waals surface area contributed by atoms with Gasteiger partial charge in [0.15, 0.2) is 0 Å². The molecule has 2 aliphatic rings. The van der Waals surface area contributed by atoms with E-state index in [2.05, 4.69) is 13.2 Å². The summed E-state index contributed by atoms with van der Waals surface area (Å²) < 4.78 is 34.4. The molecular weight excluding hydrogens is 676 g/mol. The quantitative estimate of drug-likeness (QED) is 0.103. The highest BCUT2D eigenvalue weighted by atomic mass is 16.6. The Morgan fingerprint density at radius 3 is 1.45 bits per heavy atom. The van der Waals surface area contributed by atoms with Crippen LogP contribution < -0.4 is 18.9 Å². The molecule has 272 valence electrons. The Morgan fingerprint density at radius 2 is 1.04 bits per heavy atom. The van der Waals surface area contributed by atoms with Gasteiger partial charge in [-0.2, -0.15) is 0 Å². The van der Waals surface area contributed by atoms with Crippen molar-refractivity contribution in [2.45, 2.75) is 45.8 Å². The number of carbonyl (C=O) groups is 4. The molecule has 0 heterocycles. The first-order valence-electron chi connectivity index (χ1n) is 16.8. The van der Waals surface area contributed by atoms with Crippen LogP contribution >= 0.6 is 0 Å². The van der Waals surface area contributed by atoms with Crippen LogP contribution in [0.2, 0.25) is 0 Å². The summed E-state index contributed by atoms with van der Waals surface area (Å²) in [5.74, 6) is -0.0792. The maximum absolute atomic E-state index is 13.0. The van der Waals surface area contributed by atoms with Crippen molar-refractivity contribution in [2.24, 2.45) is 11.8 Å². The fraction of sp³-hybridized carbons (Fsp3) is 0.209. The topological polar surface area (TPSA) is 124 Å². The molecule has 0 aliphatic heterocycles.